The molecule has 0 saturated carbocycles. The van der Waals surface area contributed by atoms with E-state index in [9.17, 15) is 4.79 Å². The molecule has 2 rings (SSSR count). The minimum absolute atomic E-state index is 0.0956. The molecule has 4 nitrogen and oxygen atoms in total. The van der Waals surface area contributed by atoms with E-state index in [2.05, 4.69) is 12.2 Å². The summed E-state index contributed by atoms with van der Waals surface area (Å²) in [7, 11) is 0. The zero-order valence-corrected chi connectivity index (χ0v) is 11.7. The van der Waals surface area contributed by atoms with Crippen LogP contribution in [0.5, 0.6) is 0 Å². The molecule has 1 saturated heterocycles. The van der Waals surface area contributed by atoms with Crippen molar-refractivity contribution in [3.63, 3.8) is 0 Å². The number of hydrogen-bond donors (Lipinski definition) is 1. The first kappa shape index (κ1) is 13.9. The van der Waals surface area contributed by atoms with E-state index >= 15 is 0 Å². The first-order valence-corrected chi connectivity index (χ1v) is 7.00. The van der Waals surface area contributed by atoms with Gasteiger partial charge in [0.1, 0.15) is 0 Å². The molecule has 1 aromatic rings. The van der Waals surface area contributed by atoms with E-state index in [-0.39, 0.29) is 12.0 Å². The van der Waals surface area contributed by atoms with Crippen molar-refractivity contribution >= 4 is 11.6 Å². The molecule has 1 unspecified atom stereocenters. The quantitative estimate of drug-likeness (QED) is 0.905. The van der Waals surface area contributed by atoms with Gasteiger partial charge >= 0.3 is 0 Å². The third-order valence-corrected chi connectivity index (χ3v) is 3.41. The number of benzene rings is 1. The van der Waals surface area contributed by atoms with Crippen molar-refractivity contribution in [3.05, 3.63) is 29.8 Å². The summed E-state index contributed by atoms with van der Waals surface area (Å²) in [5, 5.41) is 3.24. The fourth-order valence-electron chi connectivity index (χ4n) is 2.34. The highest BCUT2D eigenvalue weighted by molar-refractivity contribution is 5.99. The zero-order valence-electron chi connectivity index (χ0n) is 11.7. The average molecular weight is 262 g/mol. The molecule has 0 aliphatic carbocycles. The van der Waals surface area contributed by atoms with Crippen molar-refractivity contribution in [1.82, 2.24) is 4.90 Å². The van der Waals surface area contributed by atoms with Crippen LogP contribution in [0.3, 0.4) is 0 Å². The minimum atomic E-state index is 0.0956. The van der Waals surface area contributed by atoms with E-state index in [0.717, 1.165) is 24.2 Å². The van der Waals surface area contributed by atoms with Gasteiger partial charge in [-0.3, -0.25) is 4.79 Å². The van der Waals surface area contributed by atoms with Gasteiger partial charge < -0.3 is 15.0 Å². The summed E-state index contributed by atoms with van der Waals surface area (Å²) in [5.41, 5.74) is 1.66. The van der Waals surface area contributed by atoms with Gasteiger partial charge in [0.2, 0.25) is 0 Å². The van der Waals surface area contributed by atoms with Crippen LogP contribution in [0.15, 0.2) is 24.3 Å². The van der Waals surface area contributed by atoms with Gasteiger partial charge in [0.05, 0.1) is 18.3 Å². The molecule has 0 bridgehead atoms. The minimum Gasteiger partial charge on any atom is -0.385 e. The van der Waals surface area contributed by atoms with Gasteiger partial charge in [-0.15, -0.1) is 0 Å². The standard InChI is InChI=1S/C15H22N2O2/c1-3-12-11-17(9-10-19-12)15(18)13-7-5-6-8-14(13)16-4-2/h5-8,12,16H,3-4,9-11H2,1-2H3. The number of hydrogen-bond acceptors (Lipinski definition) is 3. The van der Waals surface area contributed by atoms with E-state index in [0.29, 0.717) is 19.7 Å². The number of anilines is 1. The Morgan fingerprint density at radius 3 is 2.95 bits per heavy atom. The molecule has 1 fully saturated rings. The van der Waals surface area contributed by atoms with E-state index in [1.165, 1.54) is 0 Å². The number of nitrogens with one attached hydrogen (secondary N) is 1. The fraction of sp³-hybridized carbons (Fsp3) is 0.533. The number of carbonyl (C=O) groups is 1. The van der Waals surface area contributed by atoms with Crippen LogP contribution in [0.1, 0.15) is 30.6 Å². The Labute approximate surface area is 114 Å². The normalized spacial score (nSPS) is 19.3. The maximum absolute atomic E-state index is 12.6. The predicted molar refractivity (Wildman–Crippen MR) is 76.5 cm³/mol. The summed E-state index contributed by atoms with van der Waals surface area (Å²) >= 11 is 0. The summed E-state index contributed by atoms with van der Waals surface area (Å²) in [4.78, 5) is 14.5. The first-order chi connectivity index (χ1) is 9.26. The third-order valence-electron chi connectivity index (χ3n) is 3.41. The van der Waals surface area contributed by atoms with Gasteiger partial charge in [0, 0.05) is 25.3 Å². The van der Waals surface area contributed by atoms with Crippen molar-refractivity contribution in [1.29, 1.82) is 0 Å². The third kappa shape index (κ3) is 3.26. The van der Waals surface area contributed by atoms with Crippen LogP contribution < -0.4 is 5.32 Å². The van der Waals surface area contributed by atoms with E-state index in [1.807, 2.05) is 36.1 Å². The molecule has 1 aromatic carbocycles. The van der Waals surface area contributed by atoms with Crippen molar-refractivity contribution < 1.29 is 9.53 Å². The molecule has 0 spiro atoms. The van der Waals surface area contributed by atoms with Crippen LogP contribution in [-0.4, -0.2) is 43.2 Å². The number of carbonyl (C=O) groups excluding carboxylic acids is 1. The number of rotatable bonds is 4. The second-order valence-corrected chi connectivity index (χ2v) is 4.73. The monoisotopic (exact) mass is 262 g/mol. The Balaban J connectivity index is 2.14. The molecule has 1 amide bonds. The lowest BCUT2D eigenvalue weighted by molar-refractivity contribution is -0.0225. The van der Waals surface area contributed by atoms with Crippen LogP contribution in [0.4, 0.5) is 5.69 Å². The predicted octanol–water partition coefficient (Wildman–Crippen LogP) is 2.37. The Hall–Kier alpha value is -1.55. The van der Waals surface area contributed by atoms with Crippen LogP contribution in [0, 0.1) is 0 Å². The molecule has 1 N–H and O–H groups in total. The van der Waals surface area contributed by atoms with Gasteiger partial charge in [-0.05, 0) is 25.5 Å². The van der Waals surface area contributed by atoms with Gasteiger partial charge in [0.25, 0.3) is 5.91 Å². The van der Waals surface area contributed by atoms with E-state index in [1.54, 1.807) is 0 Å². The molecule has 1 atom stereocenters. The lowest BCUT2D eigenvalue weighted by atomic mass is 10.1. The van der Waals surface area contributed by atoms with Gasteiger partial charge in [-0.25, -0.2) is 0 Å². The average Bonchev–Trinajstić information content (AvgIpc) is 2.47. The molecule has 0 radical (unpaired) electrons. The smallest absolute Gasteiger partial charge is 0.256 e. The van der Waals surface area contributed by atoms with E-state index in [4.69, 9.17) is 4.74 Å². The number of morpholine rings is 1. The van der Waals surface area contributed by atoms with Gasteiger partial charge in [0.15, 0.2) is 0 Å². The number of para-hydroxylation sites is 1. The van der Waals surface area contributed by atoms with Crippen molar-refractivity contribution in [2.75, 3.05) is 31.6 Å². The molecule has 1 aliphatic rings. The van der Waals surface area contributed by atoms with Crippen LogP contribution in [0.2, 0.25) is 0 Å². The first-order valence-electron chi connectivity index (χ1n) is 7.00. The molecule has 104 valence electrons. The van der Waals surface area contributed by atoms with E-state index < -0.39 is 0 Å². The Morgan fingerprint density at radius 1 is 1.42 bits per heavy atom. The summed E-state index contributed by atoms with van der Waals surface area (Å²) < 4.78 is 5.61. The zero-order chi connectivity index (χ0) is 13.7. The molecular formula is C15H22N2O2. The molecular weight excluding hydrogens is 240 g/mol. The highest BCUT2D eigenvalue weighted by atomic mass is 16.5. The maximum Gasteiger partial charge on any atom is 0.256 e. The lowest BCUT2D eigenvalue weighted by Crippen LogP contribution is -2.45. The van der Waals surface area contributed by atoms with Gasteiger partial charge in [-0.1, -0.05) is 19.1 Å². The highest BCUT2D eigenvalue weighted by Crippen LogP contribution is 2.19. The fourth-order valence-corrected chi connectivity index (χ4v) is 2.34. The molecule has 0 aromatic heterocycles. The van der Waals surface area contributed by atoms with Crippen LogP contribution in [0.25, 0.3) is 0 Å². The molecule has 4 heteroatoms. The molecule has 1 heterocycles. The molecule has 19 heavy (non-hydrogen) atoms. The Kier molecular flexibility index (Phi) is 4.80. The Bertz CT molecular complexity index is 434. The summed E-state index contributed by atoms with van der Waals surface area (Å²) in [6, 6.07) is 7.69. The highest BCUT2D eigenvalue weighted by Gasteiger charge is 2.25. The lowest BCUT2D eigenvalue weighted by Gasteiger charge is -2.33. The number of amides is 1. The number of ether oxygens (including phenoxy) is 1. The molecule has 1 aliphatic heterocycles. The number of nitrogens with zero attached hydrogens (tertiary/aromatic N) is 1. The van der Waals surface area contributed by atoms with Crippen LogP contribution >= 0.6 is 0 Å². The largest absolute Gasteiger partial charge is 0.385 e. The second-order valence-electron chi connectivity index (χ2n) is 4.73. The SMILES string of the molecule is CCNc1ccccc1C(=O)N1CCOC(CC)C1. The van der Waals surface area contributed by atoms with Crippen molar-refractivity contribution in [2.24, 2.45) is 0 Å². The second kappa shape index (κ2) is 6.57. The van der Waals surface area contributed by atoms with Crippen molar-refractivity contribution in [2.45, 2.75) is 26.4 Å². The van der Waals surface area contributed by atoms with Gasteiger partial charge in [-0.2, -0.15) is 0 Å². The van der Waals surface area contributed by atoms with Crippen molar-refractivity contribution in [3.8, 4) is 0 Å². The maximum atomic E-state index is 12.6. The van der Waals surface area contributed by atoms with Crippen LogP contribution in [-0.2, 0) is 4.74 Å². The topological polar surface area (TPSA) is 41.6 Å². The summed E-state index contributed by atoms with van der Waals surface area (Å²) in [6.45, 7) is 6.93. The summed E-state index contributed by atoms with van der Waals surface area (Å²) in [6.07, 6.45) is 1.11. The Morgan fingerprint density at radius 2 is 2.21 bits per heavy atom. The summed E-state index contributed by atoms with van der Waals surface area (Å²) in [5.74, 6) is 0.0956.